The molecule has 2 aromatic heterocycles. The Balaban J connectivity index is 1.55. The van der Waals surface area contributed by atoms with Crippen LogP contribution in [-0.2, 0) is 6.54 Å². The van der Waals surface area contributed by atoms with Gasteiger partial charge in [-0.25, -0.2) is 4.98 Å². The van der Waals surface area contributed by atoms with E-state index >= 15 is 0 Å². The molecular weight excluding hydrogens is 370 g/mol. The van der Waals surface area contributed by atoms with Crippen molar-refractivity contribution in [3.63, 3.8) is 0 Å². The lowest BCUT2D eigenvalue weighted by Crippen LogP contribution is -2.25. The Morgan fingerprint density at radius 2 is 2.26 bits per heavy atom. The topological polar surface area (TPSA) is 124 Å². The van der Waals surface area contributed by atoms with Gasteiger partial charge in [0.25, 0.3) is 11.6 Å². The van der Waals surface area contributed by atoms with E-state index in [9.17, 15) is 14.9 Å². The molecule has 0 unspecified atom stereocenters. The van der Waals surface area contributed by atoms with Crippen molar-refractivity contribution in [2.24, 2.45) is 0 Å². The maximum atomic E-state index is 12.5. The van der Waals surface area contributed by atoms with E-state index < -0.39 is 10.8 Å². The number of nitro groups is 1. The van der Waals surface area contributed by atoms with Gasteiger partial charge in [0.2, 0.25) is 0 Å². The molecule has 1 saturated carbocycles. The second-order valence-corrected chi connectivity index (χ2v) is 6.55. The van der Waals surface area contributed by atoms with Crippen LogP contribution in [0.1, 0.15) is 35.1 Å². The van der Waals surface area contributed by atoms with Crippen LogP contribution in [0.5, 0.6) is 0 Å². The summed E-state index contributed by atoms with van der Waals surface area (Å²) in [6.45, 7) is 0.180. The van der Waals surface area contributed by atoms with Crippen LogP contribution in [-0.4, -0.2) is 35.1 Å². The molecule has 1 amide bonds. The highest BCUT2D eigenvalue weighted by atomic mass is 32.1. The number of H-pyrrole nitrogens is 1. The van der Waals surface area contributed by atoms with Crippen molar-refractivity contribution in [2.75, 3.05) is 0 Å². The van der Waals surface area contributed by atoms with E-state index in [1.165, 1.54) is 35.3 Å². The number of nitro benzene ring substituents is 1. The molecule has 0 spiro atoms. The quantitative estimate of drug-likeness (QED) is 0.381. The number of rotatable bonds is 6. The summed E-state index contributed by atoms with van der Waals surface area (Å²) in [7, 11) is 0. The number of hydrogen-bond acceptors (Lipinski definition) is 6. The van der Waals surface area contributed by atoms with E-state index in [4.69, 9.17) is 12.2 Å². The molecule has 2 N–H and O–H groups in total. The molecule has 1 aliphatic carbocycles. The van der Waals surface area contributed by atoms with E-state index in [0.29, 0.717) is 22.3 Å². The number of nitrogens with zero attached hydrogens (tertiary/aromatic N) is 5. The summed E-state index contributed by atoms with van der Waals surface area (Å²) >= 11 is 5.21. The highest BCUT2D eigenvalue weighted by Gasteiger charge is 2.27. The normalized spacial score (nSPS) is 13.5. The maximum Gasteiger partial charge on any atom is 0.294 e. The molecule has 0 radical (unpaired) electrons. The molecule has 0 aliphatic heterocycles. The molecule has 0 atom stereocenters. The van der Waals surface area contributed by atoms with Gasteiger partial charge >= 0.3 is 0 Å². The van der Waals surface area contributed by atoms with Crippen LogP contribution in [0.15, 0.2) is 36.9 Å². The van der Waals surface area contributed by atoms with Crippen LogP contribution in [0.4, 0.5) is 5.69 Å². The summed E-state index contributed by atoms with van der Waals surface area (Å²) < 4.78 is 3.95. The van der Waals surface area contributed by atoms with Crippen molar-refractivity contribution < 1.29 is 9.72 Å². The number of aromatic nitrogens is 5. The highest BCUT2D eigenvalue weighted by molar-refractivity contribution is 7.71. The molecule has 1 fully saturated rings. The molecule has 27 heavy (non-hydrogen) atoms. The fourth-order valence-corrected chi connectivity index (χ4v) is 3.16. The van der Waals surface area contributed by atoms with Crippen LogP contribution >= 0.6 is 12.2 Å². The Morgan fingerprint density at radius 3 is 2.93 bits per heavy atom. The van der Waals surface area contributed by atoms with E-state index in [1.54, 1.807) is 6.20 Å². The minimum absolute atomic E-state index is 0.179. The first-order chi connectivity index (χ1) is 13.0. The number of nitrogens with one attached hydrogen (secondary N) is 2. The molecule has 10 nitrogen and oxygen atoms in total. The lowest BCUT2D eigenvalue weighted by molar-refractivity contribution is -0.384. The van der Waals surface area contributed by atoms with Gasteiger partial charge in [0.1, 0.15) is 5.69 Å². The molecule has 4 rings (SSSR count). The minimum atomic E-state index is -0.523. The van der Waals surface area contributed by atoms with Gasteiger partial charge in [-0.05, 0) is 37.2 Å². The zero-order valence-electron chi connectivity index (χ0n) is 14.0. The summed E-state index contributed by atoms with van der Waals surface area (Å²) in [5.41, 5.74) is 0.350. The van der Waals surface area contributed by atoms with E-state index in [1.807, 2.05) is 4.57 Å². The molecule has 1 aromatic carbocycles. The van der Waals surface area contributed by atoms with E-state index in [0.717, 1.165) is 12.8 Å². The molecule has 11 heteroatoms. The SMILES string of the molecule is O=C(NCc1n[nH]c(=S)n1C1CC1)c1ccc(-n2ccnc2)c([N+](=O)[O-])c1. The number of benzene rings is 1. The zero-order valence-corrected chi connectivity index (χ0v) is 14.8. The third-order valence-electron chi connectivity index (χ3n) is 4.31. The Kier molecular flexibility index (Phi) is 4.28. The number of aromatic amines is 1. The smallest absolute Gasteiger partial charge is 0.294 e. The molecule has 0 bridgehead atoms. The van der Waals surface area contributed by atoms with Gasteiger partial charge in [-0.3, -0.25) is 24.6 Å². The molecule has 2 heterocycles. The number of hydrogen-bond donors (Lipinski definition) is 2. The second-order valence-electron chi connectivity index (χ2n) is 6.16. The number of carbonyl (C=O) groups is 1. The van der Waals surface area contributed by atoms with Crippen molar-refractivity contribution in [3.05, 3.63) is 63.2 Å². The molecule has 1 aliphatic rings. The number of carbonyl (C=O) groups excluding carboxylic acids is 1. The van der Waals surface area contributed by atoms with E-state index in [-0.39, 0.29) is 17.8 Å². The number of imidazole rings is 1. The van der Waals surface area contributed by atoms with Gasteiger partial charge in [0.05, 0.1) is 17.8 Å². The van der Waals surface area contributed by atoms with Gasteiger partial charge < -0.3 is 9.88 Å². The van der Waals surface area contributed by atoms with Crippen molar-refractivity contribution >= 4 is 23.8 Å². The summed E-state index contributed by atoms with van der Waals surface area (Å²) in [6.07, 6.45) is 6.66. The summed E-state index contributed by atoms with van der Waals surface area (Å²) in [6, 6.07) is 4.64. The summed E-state index contributed by atoms with van der Waals surface area (Å²) in [5.74, 6) is 0.215. The third kappa shape index (κ3) is 3.36. The van der Waals surface area contributed by atoms with Crippen LogP contribution in [0.3, 0.4) is 0 Å². The van der Waals surface area contributed by atoms with E-state index in [2.05, 4.69) is 20.5 Å². The Morgan fingerprint density at radius 1 is 1.44 bits per heavy atom. The maximum absolute atomic E-state index is 12.5. The Hall–Kier alpha value is -3.34. The number of amides is 1. The third-order valence-corrected chi connectivity index (χ3v) is 4.60. The average molecular weight is 385 g/mol. The van der Waals surface area contributed by atoms with Crippen LogP contribution in [0, 0.1) is 14.9 Å². The van der Waals surface area contributed by atoms with Gasteiger partial charge in [0, 0.05) is 30.1 Å². The molecular formula is C16H15N7O3S. The standard InChI is InChI=1S/C16H15N7O3S/c24-15(18-8-14-19-20-16(27)22(14)11-2-3-11)10-1-4-12(13(7-10)23(25)26)21-6-5-17-9-21/h1,4-7,9,11H,2-3,8H2,(H,18,24)(H,20,27). The second kappa shape index (κ2) is 6.76. The van der Waals surface area contributed by atoms with Gasteiger partial charge in [-0.2, -0.15) is 5.10 Å². The molecule has 0 saturated heterocycles. The van der Waals surface area contributed by atoms with Gasteiger partial charge in [-0.15, -0.1) is 0 Å². The van der Waals surface area contributed by atoms with Crippen LogP contribution < -0.4 is 5.32 Å². The monoisotopic (exact) mass is 385 g/mol. The lowest BCUT2D eigenvalue weighted by atomic mass is 10.1. The zero-order chi connectivity index (χ0) is 19.0. The predicted molar refractivity (Wildman–Crippen MR) is 97.1 cm³/mol. The van der Waals surface area contributed by atoms with Crippen LogP contribution in [0.25, 0.3) is 5.69 Å². The fraction of sp³-hybridized carbons (Fsp3) is 0.250. The highest BCUT2D eigenvalue weighted by Crippen LogP contribution is 2.35. The molecule has 138 valence electrons. The first-order valence-electron chi connectivity index (χ1n) is 8.25. The summed E-state index contributed by atoms with van der Waals surface area (Å²) in [4.78, 5) is 27.2. The van der Waals surface area contributed by atoms with Gasteiger partial charge in [-0.1, -0.05) is 0 Å². The Bertz CT molecular complexity index is 1070. The first-order valence-corrected chi connectivity index (χ1v) is 8.66. The van der Waals surface area contributed by atoms with Crippen molar-refractivity contribution in [3.8, 4) is 5.69 Å². The fourth-order valence-electron chi connectivity index (χ4n) is 2.86. The van der Waals surface area contributed by atoms with Gasteiger partial charge in [0.15, 0.2) is 10.6 Å². The van der Waals surface area contributed by atoms with Crippen LogP contribution in [0.2, 0.25) is 0 Å². The largest absolute Gasteiger partial charge is 0.345 e. The average Bonchev–Trinajstić information content (AvgIpc) is 3.20. The van der Waals surface area contributed by atoms with Crippen molar-refractivity contribution in [1.82, 2.24) is 29.6 Å². The first kappa shape index (κ1) is 17.1. The molecule has 3 aromatic rings. The predicted octanol–water partition coefficient (Wildman–Crippen LogP) is 2.30. The van der Waals surface area contributed by atoms with Crippen molar-refractivity contribution in [1.29, 1.82) is 0 Å². The Labute approximate surface area is 158 Å². The minimum Gasteiger partial charge on any atom is -0.345 e. The lowest BCUT2D eigenvalue weighted by Gasteiger charge is -2.08. The summed E-state index contributed by atoms with van der Waals surface area (Å²) in [5, 5.41) is 21.0. The van der Waals surface area contributed by atoms with Crippen molar-refractivity contribution in [2.45, 2.75) is 25.4 Å².